The van der Waals surface area contributed by atoms with Gasteiger partial charge in [-0.15, -0.1) is 0 Å². The minimum absolute atomic E-state index is 0.245. The lowest BCUT2D eigenvalue weighted by Crippen LogP contribution is -2.59. The summed E-state index contributed by atoms with van der Waals surface area (Å²) in [5.41, 5.74) is 0. The molecule has 4 nitrogen and oxygen atoms in total. The molecule has 2 spiro atoms. The maximum Gasteiger partial charge on any atom is 0.210 e. The van der Waals surface area contributed by atoms with Crippen molar-refractivity contribution in [3.05, 3.63) is 0 Å². The molecular formula is C17H26O4. The molecule has 5 aliphatic carbocycles. The van der Waals surface area contributed by atoms with Crippen LogP contribution in [-0.4, -0.2) is 24.8 Å². The first-order valence-corrected chi connectivity index (χ1v) is 8.81. The molecule has 1 unspecified atom stereocenters. The lowest BCUT2D eigenvalue weighted by atomic mass is 9.53. The quantitative estimate of drug-likeness (QED) is 0.695. The van der Waals surface area contributed by atoms with E-state index in [1.165, 1.54) is 32.1 Å². The van der Waals surface area contributed by atoms with Gasteiger partial charge in [-0.3, -0.25) is 0 Å². The molecule has 0 radical (unpaired) electrons. The van der Waals surface area contributed by atoms with E-state index in [0.29, 0.717) is 11.8 Å². The molecule has 0 aromatic heterocycles. The fourth-order valence-electron chi connectivity index (χ4n) is 6.13. The Labute approximate surface area is 126 Å². The summed E-state index contributed by atoms with van der Waals surface area (Å²) < 4.78 is 12.2. The highest BCUT2D eigenvalue weighted by Gasteiger charge is 2.67. The lowest BCUT2D eigenvalue weighted by molar-refractivity contribution is -0.391. The van der Waals surface area contributed by atoms with Crippen LogP contribution in [0.4, 0.5) is 0 Å². The lowest BCUT2D eigenvalue weighted by Gasteiger charge is -2.57. The van der Waals surface area contributed by atoms with Gasteiger partial charge < -0.3 is 9.47 Å². The highest BCUT2D eigenvalue weighted by molar-refractivity contribution is 5.05. The van der Waals surface area contributed by atoms with E-state index in [-0.39, 0.29) is 6.10 Å². The second kappa shape index (κ2) is 4.44. The van der Waals surface area contributed by atoms with Gasteiger partial charge in [0.25, 0.3) is 0 Å². The van der Waals surface area contributed by atoms with Crippen molar-refractivity contribution >= 4 is 0 Å². The standard InChI is InChI=1S/C17H26O4/c1-18-15-3-2-4-16(10-15)19-17(21-20-16)13-6-11-5-12(8-13)9-14(17)7-11/h11-15H,2-10H2,1H3/t11?,12?,13?,14?,15?,16-,17?/m1/s1. The highest BCUT2D eigenvalue weighted by atomic mass is 17.3. The van der Waals surface area contributed by atoms with Crippen molar-refractivity contribution < 1.29 is 19.2 Å². The average Bonchev–Trinajstić information content (AvgIpc) is 2.84. The largest absolute Gasteiger partial charge is 0.381 e. The van der Waals surface area contributed by atoms with Gasteiger partial charge in [0.05, 0.1) is 6.10 Å². The molecule has 21 heavy (non-hydrogen) atoms. The van der Waals surface area contributed by atoms with Crippen LogP contribution in [0, 0.1) is 23.7 Å². The average molecular weight is 294 g/mol. The van der Waals surface area contributed by atoms with Gasteiger partial charge in [-0.25, -0.2) is 0 Å². The van der Waals surface area contributed by atoms with Crippen LogP contribution in [0.1, 0.15) is 57.8 Å². The third kappa shape index (κ3) is 1.82. The molecule has 6 aliphatic rings. The van der Waals surface area contributed by atoms with Crippen molar-refractivity contribution in [2.45, 2.75) is 75.5 Å². The predicted octanol–water partition coefficient (Wildman–Crippen LogP) is 3.40. The van der Waals surface area contributed by atoms with E-state index in [2.05, 4.69) is 0 Å². The van der Waals surface area contributed by atoms with Crippen LogP contribution in [0.2, 0.25) is 0 Å². The zero-order valence-corrected chi connectivity index (χ0v) is 12.9. The molecule has 2 atom stereocenters. The first-order valence-electron chi connectivity index (χ1n) is 8.81. The summed E-state index contributed by atoms with van der Waals surface area (Å²) in [6.45, 7) is 0. The molecule has 6 fully saturated rings. The third-order valence-corrected chi connectivity index (χ3v) is 6.90. The van der Waals surface area contributed by atoms with Gasteiger partial charge in [-0.1, -0.05) is 0 Å². The molecule has 0 aromatic carbocycles. The molecule has 0 amide bonds. The fourth-order valence-corrected chi connectivity index (χ4v) is 6.13. The minimum atomic E-state index is -0.533. The Kier molecular flexibility index (Phi) is 2.81. The molecule has 4 heteroatoms. The second-order valence-corrected chi connectivity index (χ2v) is 8.16. The number of methoxy groups -OCH3 is 1. The summed E-state index contributed by atoms with van der Waals surface area (Å²) in [4.78, 5) is 11.9. The maximum absolute atomic E-state index is 6.66. The molecule has 0 aromatic rings. The fraction of sp³-hybridized carbons (Fsp3) is 1.00. The van der Waals surface area contributed by atoms with Crippen LogP contribution in [0.5, 0.6) is 0 Å². The van der Waals surface area contributed by atoms with Gasteiger partial charge >= 0.3 is 0 Å². The Balaban J connectivity index is 1.42. The van der Waals surface area contributed by atoms with Gasteiger partial charge in [0.1, 0.15) is 0 Å². The third-order valence-electron chi connectivity index (χ3n) is 6.90. The summed E-state index contributed by atoms with van der Waals surface area (Å²) in [5, 5.41) is 0. The molecule has 5 saturated carbocycles. The van der Waals surface area contributed by atoms with Crippen LogP contribution in [-0.2, 0) is 19.2 Å². The molecule has 0 N–H and O–H groups in total. The summed E-state index contributed by atoms with van der Waals surface area (Å²) in [6.07, 6.45) is 10.8. The van der Waals surface area contributed by atoms with Crippen molar-refractivity contribution in [2.75, 3.05) is 7.11 Å². The highest BCUT2D eigenvalue weighted by Crippen LogP contribution is 2.63. The Hall–Kier alpha value is -0.160. The van der Waals surface area contributed by atoms with Crippen LogP contribution in [0.3, 0.4) is 0 Å². The maximum atomic E-state index is 6.66. The molecular weight excluding hydrogens is 268 g/mol. The monoisotopic (exact) mass is 294 g/mol. The van der Waals surface area contributed by atoms with E-state index in [0.717, 1.165) is 37.5 Å². The van der Waals surface area contributed by atoms with Crippen LogP contribution < -0.4 is 0 Å². The smallest absolute Gasteiger partial charge is 0.210 e. The van der Waals surface area contributed by atoms with Crippen molar-refractivity contribution in [3.8, 4) is 0 Å². The Morgan fingerprint density at radius 3 is 2.33 bits per heavy atom. The molecule has 4 bridgehead atoms. The molecule has 1 saturated heterocycles. The second-order valence-electron chi connectivity index (χ2n) is 8.16. The van der Waals surface area contributed by atoms with Gasteiger partial charge in [0.2, 0.25) is 11.6 Å². The van der Waals surface area contributed by atoms with E-state index in [1.807, 2.05) is 0 Å². The molecule has 6 rings (SSSR count). The Morgan fingerprint density at radius 1 is 0.952 bits per heavy atom. The van der Waals surface area contributed by atoms with Crippen molar-refractivity contribution in [2.24, 2.45) is 23.7 Å². The predicted molar refractivity (Wildman–Crippen MR) is 75.0 cm³/mol. The van der Waals surface area contributed by atoms with Crippen molar-refractivity contribution in [3.63, 3.8) is 0 Å². The Bertz CT molecular complexity index is 409. The number of hydrogen-bond donors (Lipinski definition) is 0. The van der Waals surface area contributed by atoms with Crippen molar-refractivity contribution in [1.29, 1.82) is 0 Å². The van der Waals surface area contributed by atoms with E-state index in [1.54, 1.807) is 7.11 Å². The van der Waals surface area contributed by atoms with Crippen molar-refractivity contribution in [1.82, 2.24) is 0 Å². The van der Waals surface area contributed by atoms with Crippen LogP contribution in [0.15, 0.2) is 0 Å². The SMILES string of the molecule is COC1CCC[C@]2(C1)OOC1(O2)C2CC3CC(C2)CC1C3. The zero-order chi connectivity index (χ0) is 14.1. The van der Waals surface area contributed by atoms with E-state index in [4.69, 9.17) is 19.2 Å². The summed E-state index contributed by atoms with van der Waals surface area (Å²) in [6, 6.07) is 0. The van der Waals surface area contributed by atoms with Gasteiger partial charge in [0.15, 0.2) is 0 Å². The van der Waals surface area contributed by atoms with Gasteiger partial charge in [-0.05, 0) is 56.8 Å². The zero-order valence-electron chi connectivity index (χ0n) is 12.9. The number of rotatable bonds is 1. The van der Waals surface area contributed by atoms with E-state index in [9.17, 15) is 0 Å². The van der Waals surface area contributed by atoms with E-state index < -0.39 is 11.6 Å². The van der Waals surface area contributed by atoms with Gasteiger partial charge in [0, 0.05) is 31.8 Å². The molecule has 1 aliphatic heterocycles. The first-order chi connectivity index (χ1) is 10.2. The Morgan fingerprint density at radius 2 is 1.67 bits per heavy atom. The normalized spacial score (nSPS) is 58.4. The molecule has 1 heterocycles. The van der Waals surface area contributed by atoms with E-state index >= 15 is 0 Å². The number of ether oxygens (including phenoxy) is 2. The first kappa shape index (κ1) is 13.3. The number of hydrogen-bond acceptors (Lipinski definition) is 4. The summed E-state index contributed by atoms with van der Waals surface area (Å²) in [7, 11) is 1.79. The summed E-state index contributed by atoms with van der Waals surface area (Å²) >= 11 is 0. The van der Waals surface area contributed by atoms with Crippen LogP contribution in [0.25, 0.3) is 0 Å². The molecule has 118 valence electrons. The topological polar surface area (TPSA) is 36.9 Å². The minimum Gasteiger partial charge on any atom is -0.381 e. The van der Waals surface area contributed by atoms with Crippen LogP contribution >= 0.6 is 0 Å². The van der Waals surface area contributed by atoms with Gasteiger partial charge in [-0.2, -0.15) is 9.78 Å². The summed E-state index contributed by atoms with van der Waals surface area (Å²) in [5.74, 6) is 1.98.